The first-order valence-electron chi connectivity index (χ1n) is 6.94. The van der Waals surface area contributed by atoms with E-state index in [1.165, 1.54) is 6.07 Å². The topological polar surface area (TPSA) is 64.7 Å². The van der Waals surface area contributed by atoms with Crippen LogP contribution in [0.1, 0.15) is 22.6 Å². The summed E-state index contributed by atoms with van der Waals surface area (Å²) in [6.45, 7) is -2.31. The van der Waals surface area contributed by atoms with E-state index >= 15 is 0 Å². The summed E-state index contributed by atoms with van der Waals surface area (Å²) in [5.74, 6) is -0.309. The zero-order chi connectivity index (χ0) is 17.1. The van der Waals surface area contributed by atoms with Crippen LogP contribution in [0.4, 0.5) is 14.6 Å². The van der Waals surface area contributed by atoms with Crippen molar-refractivity contribution in [3.63, 3.8) is 0 Å². The Kier molecular flexibility index (Phi) is 4.57. The Morgan fingerprint density at radius 1 is 1.21 bits per heavy atom. The van der Waals surface area contributed by atoms with E-state index in [4.69, 9.17) is 11.6 Å². The number of hydrogen-bond donors (Lipinski definition) is 1. The third kappa shape index (κ3) is 3.77. The lowest BCUT2D eigenvalue weighted by molar-refractivity contribution is 0.0561. The first-order chi connectivity index (χ1) is 11.5. The predicted octanol–water partition coefficient (Wildman–Crippen LogP) is 3.43. The Balaban J connectivity index is 1.66. The summed E-state index contributed by atoms with van der Waals surface area (Å²) in [7, 11) is 0. The van der Waals surface area contributed by atoms with Crippen LogP contribution in [-0.2, 0) is 6.54 Å². The number of anilines is 1. The predicted molar refractivity (Wildman–Crippen MR) is 84.2 cm³/mol. The van der Waals surface area contributed by atoms with Gasteiger partial charge in [0.25, 0.3) is 5.91 Å². The van der Waals surface area contributed by atoms with Gasteiger partial charge in [-0.3, -0.25) is 9.48 Å². The highest BCUT2D eigenvalue weighted by atomic mass is 35.5. The second-order valence-electron chi connectivity index (χ2n) is 4.94. The van der Waals surface area contributed by atoms with Crippen LogP contribution in [0.3, 0.4) is 0 Å². The highest BCUT2D eigenvalue weighted by molar-refractivity contribution is 6.30. The van der Waals surface area contributed by atoms with Gasteiger partial charge in [0.15, 0.2) is 11.5 Å². The lowest BCUT2D eigenvalue weighted by Crippen LogP contribution is -2.14. The Labute approximate surface area is 140 Å². The largest absolute Gasteiger partial charge is 0.333 e. The lowest BCUT2D eigenvalue weighted by Gasteiger charge is -2.03. The molecule has 0 unspecified atom stereocenters. The normalized spacial score (nSPS) is 11.0. The zero-order valence-corrected chi connectivity index (χ0v) is 13.0. The number of benzene rings is 1. The average Bonchev–Trinajstić information content (AvgIpc) is 3.17. The van der Waals surface area contributed by atoms with Crippen LogP contribution >= 0.6 is 11.6 Å². The van der Waals surface area contributed by atoms with Gasteiger partial charge in [0.05, 0.1) is 6.54 Å². The molecule has 3 rings (SSSR count). The number of alkyl halides is 2. The maximum absolute atomic E-state index is 12.5. The molecule has 0 fully saturated rings. The van der Waals surface area contributed by atoms with Crippen LogP contribution in [0.5, 0.6) is 0 Å². The quantitative estimate of drug-likeness (QED) is 0.766. The van der Waals surface area contributed by atoms with E-state index in [0.717, 1.165) is 11.8 Å². The highest BCUT2D eigenvalue weighted by Gasteiger charge is 2.14. The first-order valence-corrected chi connectivity index (χ1v) is 7.31. The molecule has 0 atom stereocenters. The molecule has 0 saturated heterocycles. The fraction of sp³-hybridized carbons (Fsp3) is 0.133. The number of rotatable bonds is 5. The Morgan fingerprint density at radius 2 is 2.04 bits per heavy atom. The van der Waals surface area contributed by atoms with Gasteiger partial charge in [-0.05, 0) is 23.8 Å². The van der Waals surface area contributed by atoms with Gasteiger partial charge in [0.2, 0.25) is 0 Å². The van der Waals surface area contributed by atoms with Crippen LogP contribution in [0.25, 0.3) is 0 Å². The molecular formula is C15H12ClF2N5O. The molecule has 1 amide bonds. The van der Waals surface area contributed by atoms with Crippen molar-refractivity contribution in [1.29, 1.82) is 0 Å². The number of hydrogen-bond acceptors (Lipinski definition) is 3. The van der Waals surface area contributed by atoms with Crippen molar-refractivity contribution in [3.8, 4) is 0 Å². The minimum Gasteiger partial charge on any atom is -0.304 e. The second-order valence-corrected chi connectivity index (χ2v) is 5.38. The minimum atomic E-state index is -2.79. The summed E-state index contributed by atoms with van der Waals surface area (Å²) < 4.78 is 26.9. The van der Waals surface area contributed by atoms with Gasteiger partial charge >= 0.3 is 6.55 Å². The molecule has 1 N–H and O–H groups in total. The van der Waals surface area contributed by atoms with Gasteiger partial charge in [-0.1, -0.05) is 23.7 Å². The van der Waals surface area contributed by atoms with Gasteiger partial charge in [-0.2, -0.15) is 19.0 Å². The molecule has 0 saturated carbocycles. The molecule has 0 aliphatic carbocycles. The number of aromatic nitrogens is 4. The number of carbonyl (C=O) groups excluding carboxylic acids is 1. The molecule has 9 heteroatoms. The van der Waals surface area contributed by atoms with Crippen molar-refractivity contribution >= 4 is 23.3 Å². The highest BCUT2D eigenvalue weighted by Crippen LogP contribution is 2.13. The molecule has 0 radical (unpaired) electrons. The zero-order valence-electron chi connectivity index (χ0n) is 12.2. The molecule has 0 aliphatic rings. The van der Waals surface area contributed by atoms with E-state index in [9.17, 15) is 13.6 Å². The summed E-state index contributed by atoms with van der Waals surface area (Å²) in [6, 6.07) is 10.2. The fourth-order valence-electron chi connectivity index (χ4n) is 2.09. The second kappa shape index (κ2) is 6.79. The van der Waals surface area contributed by atoms with Crippen LogP contribution in [0, 0.1) is 0 Å². The minimum absolute atomic E-state index is 0.111. The van der Waals surface area contributed by atoms with E-state index in [1.54, 1.807) is 23.0 Å². The number of carbonyl (C=O) groups is 1. The van der Waals surface area contributed by atoms with Crippen LogP contribution in [0.2, 0.25) is 5.02 Å². The van der Waals surface area contributed by atoms with Crippen molar-refractivity contribution in [1.82, 2.24) is 19.6 Å². The smallest absolute Gasteiger partial charge is 0.304 e. The van der Waals surface area contributed by atoms with E-state index in [-0.39, 0.29) is 5.69 Å². The summed E-state index contributed by atoms with van der Waals surface area (Å²) >= 11 is 5.93. The van der Waals surface area contributed by atoms with Gasteiger partial charge < -0.3 is 5.32 Å². The number of nitrogens with one attached hydrogen (secondary N) is 1. The molecule has 124 valence electrons. The summed E-state index contributed by atoms with van der Waals surface area (Å²) in [4.78, 5) is 12.0. The molecule has 24 heavy (non-hydrogen) atoms. The van der Waals surface area contributed by atoms with Crippen molar-refractivity contribution in [2.45, 2.75) is 13.1 Å². The van der Waals surface area contributed by atoms with E-state index in [0.29, 0.717) is 22.1 Å². The van der Waals surface area contributed by atoms with Crippen LogP contribution < -0.4 is 5.32 Å². The first kappa shape index (κ1) is 16.1. The van der Waals surface area contributed by atoms with Crippen LogP contribution in [-0.4, -0.2) is 25.5 Å². The van der Waals surface area contributed by atoms with Crippen molar-refractivity contribution in [3.05, 3.63) is 65.1 Å². The lowest BCUT2D eigenvalue weighted by atomic mass is 10.2. The molecule has 1 aromatic carbocycles. The maximum Gasteiger partial charge on any atom is 0.333 e. The standard InChI is InChI=1S/C15H12ClF2N5O/c16-11-3-1-2-10(8-11)9-22-6-5-13(21-22)19-14(24)12-4-7-23(20-12)15(17)18/h1-8,15H,9H2,(H,19,21,24). The molecule has 2 heterocycles. The van der Waals surface area contributed by atoms with Crippen molar-refractivity contribution in [2.75, 3.05) is 5.32 Å². The van der Waals surface area contributed by atoms with Gasteiger partial charge in [-0.15, -0.1) is 0 Å². The van der Waals surface area contributed by atoms with Crippen molar-refractivity contribution < 1.29 is 13.6 Å². The molecule has 0 spiro atoms. The molecule has 0 bridgehead atoms. The molecule has 6 nitrogen and oxygen atoms in total. The summed E-state index contributed by atoms with van der Waals surface area (Å²) in [6.07, 6.45) is 2.73. The molecule has 0 aliphatic heterocycles. The summed E-state index contributed by atoms with van der Waals surface area (Å²) in [5, 5.41) is 10.8. The maximum atomic E-state index is 12.5. The van der Waals surface area contributed by atoms with Gasteiger partial charge in [0, 0.05) is 23.5 Å². The Hall–Kier alpha value is -2.74. The van der Waals surface area contributed by atoms with Gasteiger partial charge in [0.1, 0.15) is 0 Å². The van der Waals surface area contributed by atoms with E-state index in [1.807, 2.05) is 18.2 Å². The third-order valence-electron chi connectivity index (χ3n) is 3.16. The van der Waals surface area contributed by atoms with Crippen molar-refractivity contribution in [2.24, 2.45) is 0 Å². The van der Waals surface area contributed by atoms with E-state index < -0.39 is 12.5 Å². The average molecular weight is 352 g/mol. The number of nitrogens with zero attached hydrogens (tertiary/aromatic N) is 4. The Bertz CT molecular complexity index is 861. The van der Waals surface area contributed by atoms with Crippen LogP contribution in [0.15, 0.2) is 48.8 Å². The van der Waals surface area contributed by atoms with E-state index in [2.05, 4.69) is 15.5 Å². The molecule has 2 aromatic heterocycles. The van der Waals surface area contributed by atoms with Gasteiger partial charge in [-0.25, -0.2) is 4.68 Å². The SMILES string of the molecule is O=C(Nc1ccn(Cc2cccc(Cl)c2)n1)c1ccn(C(F)F)n1. The molecule has 3 aromatic rings. The number of amides is 1. The monoisotopic (exact) mass is 351 g/mol. The Morgan fingerprint density at radius 3 is 2.75 bits per heavy atom. The summed E-state index contributed by atoms with van der Waals surface area (Å²) in [5.41, 5.74) is 0.846. The third-order valence-corrected chi connectivity index (χ3v) is 3.39. The molecular weight excluding hydrogens is 340 g/mol. The number of halogens is 3. The fourth-order valence-corrected chi connectivity index (χ4v) is 2.30.